The normalized spacial score (nSPS) is 9.12. The van der Waals surface area contributed by atoms with Crippen molar-refractivity contribution < 1.29 is 0 Å². The molecular formula is C12H14N2S2. The molecule has 0 aliphatic heterocycles. The smallest absolute Gasteiger partial charge is 0.103 e. The van der Waals surface area contributed by atoms with Gasteiger partial charge in [0.1, 0.15) is 9.28 Å². The summed E-state index contributed by atoms with van der Waals surface area (Å²) < 4.78 is 1.59. The van der Waals surface area contributed by atoms with Crippen molar-refractivity contribution in [3.8, 4) is 0 Å². The Balaban J connectivity index is 0.000000160. The van der Waals surface area contributed by atoms with Crippen molar-refractivity contribution in [2.75, 3.05) is 0 Å². The van der Waals surface area contributed by atoms with Crippen LogP contribution in [0.15, 0.2) is 36.4 Å². The predicted molar refractivity (Wildman–Crippen MR) is 72.7 cm³/mol. The molecule has 0 aliphatic rings. The van der Waals surface area contributed by atoms with Gasteiger partial charge in [-0.15, -0.1) is 0 Å². The average molecular weight is 250 g/mol. The second-order valence-electron chi connectivity index (χ2n) is 3.40. The van der Waals surface area contributed by atoms with Gasteiger partial charge in [0, 0.05) is 11.4 Å². The van der Waals surface area contributed by atoms with E-state index in [1.165, 1.54) is 0 Å². The van der Waals surface area contributed by atoms with Gasteiger partial charge in [0.15, 0.2) is 0 Å². The van der Waals surface area contributed by atoms with Crippen LogP contribution in [0, 0.1) is 23.1 Å². The van der Waals surface area contributed by atoms with Crippen LogP contribution in [0.2, 0.25) is 0 Å². The lowest BCUT2D eigenvalue weighted by Gasteiger charge is -1.87. The van der Waals surface area contributed by atoms with Crippen LogP contribution in [0.3, 0.4) is 0 Å². The molecule has 0 amide bonds. The molecule has 2 nitrogen and oxygen atoms in total. The zero-order valence-electron chi connectivity index (χ0n) is 9.28. The molecule has 0 saturated carbocycles. The molecule has 16 heavy (non-hydrogen) atoms. The number of aryl methyl sites for hydroxylation is 2. The van der Waals surface area contributed by atoms with Gasteiger partial charge in [-0.2, -0.15) is 0 Å². The molecule has 0 aliphatic carbocycles. The van der Waals surface area contributed by atoms with Crippen LogP contribution < -0.4 is 0 Å². The molecule has 2 heterocycles. The highest BCUT2D eigenvalue weighted by atomic mass is 32.1. The molecule has 0 aromatic carbocycles. The van der Waals surface area contributed by atoms with Crippen molar-refractivity contribution in [3.05, 3.63) is 57.1 Å². The van der Waals surface area contributed by atoms with Gasteiger partial charge in [0.25, 0.3) is 0 Å². The van der Waals surface area contributed by atoms with E-state index in [4.69, 9.17) is 24.4 Å². The van der Waals surface area contributed by atoms with E-state index in [1.807, 2.05) is 50.2 Å². The summed E-state index contributed by atoms with van der Waals surface area (Å²) in [7, 11) is 0. The lowest BCUT2D eigenvalue weighted by atomic mass is 10.4. The van der Waals surface area contributed by atoms with Crippen molar-refractivity contribution >= 4 is 24.4 Å². The number of nitrogens with one attached hydrogen (secondary N) is 2. The Morgan fingerprint density at radius 1 is 0.750 bits per heavy atom. The molecule has 2 aromatic rings. The summed E-state index contributed by atoms with van der Waals surface area (Å²) in [5.41, 5.74) is 2.22. The molecule has 0 bridgehead atoms. The molecule has 0 fully saturated rings. The highest BCUT2D eigenvalue weighted by Crippen LogP contribution is 1.90. The molecule has 4 heteroatoms. The Morgan fingerprint density at radius 2 is 1.12 bits per heavy atom. The van der Waals surface area contributed by atoms with Crippen LogP contribution in [0.4, 0.5) is 0 Å². The van der Waals surface area contributed by atoms with Gasteiger partial charge in [-0.1, -0.05) is 36.6 Å². The van der Waals surface area contributed by atoms with Gasteiger partial charge in [-0.3, -0.25) is 0 Å². The average Bonchev–Trinajstić information content (AvgIpc) is 2.17. The summed E-state index contributed by atoms with van der Waals surface area (Å²) in [6.07, 6.45) is 0. The molecule has 0 radical (unpaired) electrons. The number of aromatic amines is 2. The zero-order valence-corrected chi connectivity index (χ0v) is 10.9. The fourth-order valence-corrected chi connectivity index (χ4v) is 1.59. The monoisotopic (exact) mass is 250 g/mol. The lowest BCUT2D eigenvalue weighted by molar-refractivity contribution is 1.18. The van der Waals surface area contributed by atoms with E-state index in [9.17, 15) is 0 Å². The zero-order chi connectivity index (χ0) is 12.0. The van der Waals surface area contributed by atoms with Crippen LogP contribution in [0.5, 0.6) is 0 Å². The quantitative estimate of drug-likeness (QED) is 0.690. The summed E-state index contributed by atoms with van der Waals surface area (Å²) in [6, 6.07) is 11.6. The maximum Gasteiger partial charge on any atom is 0.103 e. The van der Waals surface area contributed by atoms with E-state index in [0.717, 1.165) is 20.7 Å². The van der Waals surface area contributed by atoms with Gasteiger partial charge in [0.2, 0.25) is 0 Å². The number of rotatable bonds is 0. The summed E-state index contributed by atoms with van der Waals surface area (Å²) in [4.78, 5) is 5.97. The molecular weight excluding hydrogens is 236 g/mol. The third-order valence-electron chi connectivity index (χ3n) is 1.83. The van der Waals surface area contributed by atoms with Gasteiger partial charge < -0.3 is 9.97 Å². The van der Waals surface area contributed by atoms with E-state index in [2.05, 4.69) is 9.97 Å². The second kappa shape index (κ2) is 6.35. The maximum absolute atomic E-state index is 4.84. The maximum atomic E-state index is 4.84. The van der Waals surface area contributed by atoms with Crippen LogP contribution in [0.25, 0.3) is 0 Å². The fourth-order valence-electron chi connectivity index (χ4n) is 1.12. The first-order valence-electron chi connectivity index (χ1n) is 4.90. The van der Waals surface area contributed by atoms with Crippen LogP contribution in [-0.4, -0.2) is 9.97 Å². The number of pyridine rings is 2. The van der Waals surface area contributed by atoms with Crippen molar-refractivity contribution in [1.29, 1.82) is 0 Å². The third-order valence-corrected chi connectivity index (χ3v) is 2.30. The minimum Gasteiger partial charge on any atom is -0.350 e. The molecule has 0 spiro atoms. The van der Waals surface area contributed by atoms with E-state index >= 15 is 0 Å². The minimum atomic E-state index is 0.796. The summed E-state index contributed by atoms with van der Waals surface area (Å²) in [5, 5.41) is 0. The Labute approximate surface area is 105 Å². The topological polar surface area (TPSA) is 31.6 Å². The lowest BCUT2D eigenvalue weighted by Crippen LogP contribution is -1.76. The number of aromatic nitrogens is 2. The van der Waals surface area contributed by atoms with Gasteiger partial charge >= 0.3 is 0 Å². The molecule has 0 saturated heterocycles. The summed E-state index contributed by atoms with van der Waals surface area (Å²) >= 11 is 9.69. The van der Waals surface area contributed by atoms with E-state index in [1.54, 1.807) is 0 Å². The highest BCUT2D eigenvalue weighted by molar-refractivity contribution is 7.71. The predicted octanol–water partition coefficient (Wildman–Crippen LogP) is 4.11. The van der Waals surface area contributed by atoms with Crippen molar-refractivity contribution in [2.24, 2.45) is 0 Å². The molecule has 84 valence electrons. The summed E-state index contributed by atoms with van der Waals surface area (Å²) in [6.45, 7) is 3.96. The highest BCUT2D eigenvalue weighted by Gasteiger charge is 1.77. The summed E-state index contributed by atoms with van der Waals surface area (Å²) in [5.74, 6) is 0. The Kier molecular flexibility index (Phi) is 5.08. The van der Waals surface area contributed by atoms with Gasteiger partial charge in [-0.05, 0) is 38.1 Å². The van der Waals surface area contributed by atoms with E-state index in [0.29, 0.717) is 0 Å². The first-order valence-corrected chi connectivity index (χ1v) is 5.71. The van der Waals surface area contributed by atoms with Gasteiger partial charge in [0.05, 0.1) is 0 Å². The van der Waals surface area contributed by atoms with E-state index < -0.39 is 0 Å². The van der Waals surface area contributed by atoms with Crippen molar-refractivity contribution in [2.45, 2.75) is 13.8 Å². The van der Waals surface area contributed by atoms with Gasteiger partial charge in [-0.25, -0.2) is 0 Å². The Hall–Kier alpha value is -1.26. The second-order valence-corrected chi connectivity index (χ2v) is 4.28. The largest absolute Gasteiger partial charge is 0.350 e. The first kappa shape index (κ1) is 12.8. The molecule has 2 aromatic heterocycles. The van der Waals surface area contributed by atoms with Crippen molar-refractivity contribution in [1.82, 2.24) is 9.97 Å². The standard InChI is InChI=1S/2C6H7NS/c2*1-5-3-2-4-6(8)7-5/h2*2-4H,1H3,(H,7,8). The first-order chi connectivity index (χ1) is 7.58. The van der Waals surface area contributed by atoms with Crippen LogP contribution in [-0.2, 0) is 0 Å². The fraction of sp³-hybridized carbons (Fsp3) is 0.167. The Bertz CT molecular complexity index is 503. The van der Waals surface area contributed by atoms with E-state index in [-0.39, 0.29) is 0 Å². The minimum absolute atomic E-state index is 0.796. The number of hydrogen-bond donors (Lipinski definition) is 2. The Morgan fingerprint density at radius 3 is 1.31 bits per heavy atom. The SMILES string of the molecule is Cc1cccc(=S)[nH]1.Cc1cccc(=S)[nH]1. The third kappa shape index (κ3) is 5.00. The molecule has 0 atom stereocenters. The van der Waals surface area contributed by atoms with Crippen LogP contribution in [0.1, 0.15) is 11.4 Å². The number of H-pyrrole nitrogens is 2. The molecule has 2 rings (SSSR count). The van der Waals surface area contributed by atoms with Crippen LogP contribution >= 0.6 is 24.4 Å². The molecule has 0 unspecified atom stereocenters. The number of hydrogen-bond acceptors (Lipinski definition) is 2. The van der Waals surface area contributed by atoms with Crippen molar-refractivity contribution in [3.63, 3.8) is 0 Å². The molecule has 2 N–H and O–H groups in total.